The molecule has 3 nitrogen and oxygen atoms in total. The highest BCUT2D eigenvalue weighted by Crippen LogP contribution is 2.26. The molecule has 0 bridgehead atoms. The second-order valence-electron chi connectivity index (χ2n) is 6.06. The highest BCUT2D eigenvalue weighted by molar-refractivity contribution is 5.56. The topological polar surface area (TPSA) is 35.5 Å². The maximum atomic E-state index is 9.44. The molecule has 1 rings (SSSR count). The Balaban J connectivity index is 3.10. The van der Waals surface area contributed by atoms with E-state index in [1.54, 1.807) is 0 Å². The van der Waals surface area contributed by atoms with E-state index in [0.29, 0.717) is 18.6 Å². The van der Waals surface area contributed by atoms with Gasteiger partial charge in [0, 0.05) is 30.9 Å². The molecule has 0 saturated heterocycles. The second-order valence-corrected chi connectivity index (χ2v) is 6.06. The Hall–Kier alpha value is -1.06. The molecular formula is C18H32N2O. The lowest BCUT2D eigenvalue weighted by atomic mass is 10.0. The third kappa shape index (κ3) is 5.33. The zero-order valence-corrected chi connectivity index (χ0v) is 14.3. The zero-order chi connectivity index (χ0) is 15.8. The van der Waals surface area contributed by atoms with Crippen LogP contribution in [0.2, 0.25) is 0 Å². The number of nitrogens with one attached hydrogen (secondary N) is 1. The van der Waals surface area contributed by atoms with E-state index < -0.39 is 0 Å². The molecule has 1 aromatic carbocycles. The average Bonchev–Trinajstić information content (AvgIpc) is 2.45. The van der Waals surface area contributed by atoms with Gasteiger partial charge in [0.15, 0.2) is 0 Å². The molecule has 0 radical (unpaired) electrons. The van der Waals surface area contributed by atoms with Gasteiger partial charge in [-0.05, 0) is 31.4 Å². The van der Waals surface area contributed by atoms with Crippen molar-refractivity contribution in [1.29, 1.82) is 0 Å². The van der Waals surface area contributed by atoms with E-state index in [1.807, 2.05) is 0 Å². The molecule has 0 aromatic heterocycles. The minimum absolute atomic E-state index is 0.196. The first-order valence-corrected chi connectivity index (χ1v) is 8.23. The van der Waals surface area contributed by atoms with Gasteiger partial charge in [-0.25, -0.2) is 0 Å². The van der Waals surface area contributed by atoms with Crippen molar-refractivity contribution in [2.24, 2.45) is 0 Å². The standard InChI is InChI=1S/C18H32N2O/c1-6-17(7-2)20(10-11-21)18-9-8-15(5)12-16(18)13-19-14(3)4/h8-9,12,14,17,19,21H,6-7,10-11,13H2,1-5H3. The van der Waals surface area contributed by atoms with Gasteiger partial charge >= 0.3 is 0 Å². The molecule has 0 amide bonds. The van der Waals surface area contributed by atoms with Crippen LogP contribution >= 0.6 is 0 Å². The van der Waals surface area contributed by atoms with Gasteiger partial charge in [-0.15, -0.1) is 0 Å². The number of benzene rings is 1. The van der Waals surface area contributed by atoms with Gasteiger partial charge in [0.25, 0.3) is 0 Å². The van der Waals surface area contributed by atoms with Crippen molar-refractivity contribution in [2.45, 2.75) is 66.1 Å². The molecule has 0 saturated carbocycles. The lowest BCUT2D eigenvalue weighted by Gasteiger charge is -2.34. The summed E-state index contributed by atoms with van der Waals surface area (Å²) in [4.78, 5) is 2.37. The predicted octanol–water partition coefficient (Wildman–Crippen LogP) is 3.48. The van der Waals surface area contributed by atoms with Crippen LogP contribution in [0, 0.1) is 6.92 Å². The second kappa shape index (κ2) is 9.06. The Morgan fingerprint density at radius 2 is 1.86 bits per heavy atom. The summed E-state index contributed by atoms with van der Waals surface area (Å²) in [6.45, 7) is 12.7. The third-order valence-corrected chi connectivity index (χ3v) is 3.97. The van der Waals surface area contributed by atoms with E-state index >= 15 is 0 Å². The number of rotatable bonds is 9. The molecule has 0 aliphatic carbocycles. The summed E-state index contributed by atoms with van der Waals surface area (Å²) in [7, 11) is 0. The van der Waals surface area contributed by atoms with Gasteiger partial charge in [-0.3, -0.25) is 0 Å². The SMILES string of the molecule is CCC(CC)N(CCO)c1ccc(C)cc1CNC(C)C. The lowest BCUT2D eigenvalue weighted by Crippen LogP contribution is -2.38. The minimum Gasteiger partial charge on any atom is -0.395 e. The van der Waals surface area contributed by atoms with Gasteiger partial charge in [-0.2, -0.15) is 0 Å². The van der Waals surface area contributed by atoms with Crippen molar-refractivity contribution in [3.05, 3.63) is 29.3 Å². The minimum atomic E-state index is 0.196. The van der Waals surface area contributed by atoms with Crippen LogP contribution in [0.4, 0.5) is 5.69 Å². The molecule has 0 unspecified atom stereocenters. The van der Waals surface area contributed by atoms with Gasteiger partial charge < -0.3 is 15.3 Å². The van der Waals surface area contributed by atoms with Crippen LogP contribution in [0.5, 0.6) is 0 Å². The Kier molecular flexibility index (Phi) is 7.76. The molecule has 0 aliphatic rings. The van der Waals surface area contributed by atoms with Gasteiger partial charge in [0.1, 0.15) is 0 Å². The lowest BCUT2D eigenvalue weighted by molar-refractivity contribution is 0.296. The number of hydrogen-bond acceptors (Lipinski definition) is 3. The molecule has 0 fully saturated rings. The number of hydrogen-bond donors (Lipinski definition) is 2. The number of aliphatic hydroxyl groups is 1. The monoisotopic (exact) mass is 292 g/mol. The van der Waals surface area contributed by atoms with Gasteiger partial charge in [0.05, 0.1) is 6.61 Å². The summed E-state index contributed by atoms with van der Waals surface area (Å²) in [6, 6.07) is 7.59. The fourth-order valence-corrected chi connectivity index (χ4v) is 2.79. The highest BCUT2D eigenvalue weighted by atomic mass is 16.3. The molecule has 0 spiro atoms. The Bertz CT molecular complexity index is 414. The van der Waals surface area contributed by atoms with E-state index in [9.17, 15) is 5.11 Å². The number of nitrogens with zero attached hydrogens (tertiary/aromatic N) is 1. The van der Waals surface area contributed by atoms with Crippen molar-refractivity contribution in [1.82, 2.24) is 5.32 Å². The van der Waals surface area contributed by atoms with Crippen LogP contribution in [0.3, 0.4) is 0 Å². The predicted molar refractivity (Wildman–Crippen MR) is 92.0 cm³/mol. The number of aryl methyl sites for hydroxylation is 1. The van der Waals surface area contributed by atoms with Crippen LogP contribution < -0.4 is 10.2 Å². The Morgan fingerprint density at radius 1 is 1.19 bits per heavy atom. The van der Waals surface area contributed by atoms with Crippen LogP contribution in [-0.4, -0.2) is 30.3 Å². The molecule has 0 atom stereocenters. The highest BCUT2D eigenvalue weighted by Gasteiger charge is 2.18. The van der Waals surface area contributed by atoms with E-state index in [2.05, 4.69) is 63.0 Å². The molecule has 0 aliphatic heterocycles. The summed E-state index contributed by atoms with van der Waals surface area (Å²) < 4.78 is 0. The fourth-order valence-electron chi connectivity index (χ4n) is 2.79. The normalized spacial score (nSPS) is 11.4. The fraction of sp³-hybridized carbons (Fsp3) is 0.667. The van der Waals surface area contributed by atoms with Crippen molar-refractivity contribution in [2.75, 3.05) is 18.1 Å². The van der Waals surface area contributed by atoms with Crippen molar-refractivity contribution >= 4 is 5.69 Å². The van der Waals surface area contributed by atoms with E-state index in [4.69, 9.17) is 0 Å². The summed E-state index contributed by atoms with van der Waals surface area (Å²) in [6.07, 6.45) is 2.20. The maximum absolute atomic E-state index is 9.44. The third-order valence-electron chi connectivity index (χ3n) is 3.97. The molecule has 1 aromatic rings. The number of aliphatic hydroxyl groups excluding tert-OH is 1. The van der Waals surface area contributed by atoms with Crippen LogP contribution in [-0.2, 0) is 6.54 Å². The molecule has 21 heavy (non-hydrogen) atoms. The summed E-state index contributed by atoms with van der Waals surface area (Å²) in [5, 5.41) is 13.0. The van der Waals surface area contributed by atoms with Crippen LogP contribution in [0.25, 0.3) is 0 Å². The molecular weight excluding hydrogens is 260 g/mol. The van der Waals surface area contributed by atoms with Gasteiger partial charge in [0.2, 0.25) is 0 Å². The van der Waals surface area contributed by atoms with Crippen LogP contribution in [0.15, 0.2) is 18.2 Å². The largest absolute Gasteiger partial charge is 0.395 e. The maximum Gasteiger partial charge on any atom is 0.0606 e. The first-order valence-electron chi connectivity index (χ1n) is 8.23. The first kappa shape index (κ1) is 18.0. The Morgan fingerprint density at radius 3 is 2.38 bits per heavy atom. The van der Waals surface area contributed by atoms with Gasteiger partial charge in [-0.1, -0.05) is 45.4 Å². The average molecular weight is 292 g/mol. The smallest absolute Gasteiger partial charge is 0.0606 e. The summed E-state index contributed by atoms with van der Waals surface area (Å²) >= 11 is 0. The zero-order valence-electron chi connectivity index (χ0n) is 14.3. The van der Waals surface area contributed by atoms with Crippen molar-refractivity contribution < 1.29 is 5.11 Å². The molecule has 3 heteroatoms. The molecule has 2 N–H and O–H groups in total. The van der Waals surface area contributed by atoms with Crippen molar-refractivity contribution in [3.8, 4) is 0 Å². The van der Waals surface area contributed by atoms with Crippen LogP contribution in [0.1, 0.15) is 51.7 Å². The first-order chi connectivity index (χ1) is 10.0. The van der Waals surface area contributed by atoms with E-state index in [0.717, 1.165) is 19.4 Å². The quantitative estimate of drug-likeness (QED) is 0.731. The number of anilines is 1. The van der Waals surface area contributed by atoms with E-state index in [1.165, 1.54) is 16.8 Å². The summed E-state index contributed by atoms with van der Waals surface area (Å²) in [5.41, 5.74) is 3.87. The Labute approximate surface area is 130 Å². The molecule has 0 heterocycles. The van der Waals surface area contributed by atoms with Crippen molar-refractivity contribution in [3.63, 3.8) is 0 Å². The van der Waals surface area contributed by atoms with E-state index in [-0.39, 0.29) is 6.61 Å². The molecule has 120 valence electrons. The summed E-state index contributed by atoms with van der Waals surface area (Å²) in [5.74, 6) is 0.